The lowest BCUT2D eigenvalue weighted by Gasteiger charge is -2.01. The molecule has 1 saturated carbocycles. The van der Waals surface area contributed by atoms with Crippen LogP contribution in [0.1, 0.15) is 13.3 Å². The fourth-order valence-electron chi connectivity index (χ4n) is 1.61. The molecule has 1 heteroatoms. The third-order valence-electron chi connectivity index (χ3n) is 2.32. The molecule has 1 heterocycles. The van der Waals surface area contributed by atoms with E-state index < -0.39 is 0 Å². The van der Waals surface area contributed by atoms with Crippen LogP contribution in [0.3, 0.4) is 0 Å². The Bertz CT molecular complexity index is 90.2. The van der Waals surface area contributed by atoms with Crippen LogP contribution in [-0.2, 0) is 0 Å². The molecule has 1 saturated heterocycles. The van der Waals surface area contributed by atoms with Crippen molar-refractivity contribution in [3.05, 3.63) is 0 Å². The van der Waals surface area contributed by atoms with E-state index in [1.807, 2.05) is 0 Å². The van der Waals surface area contributed by atoms with Gasteiger partial charge in [-0.15, -0.1) is 0 Å². The van der Waals surface area contributed by atoms with E-state index in [0.717, 1.165) is 17.9 Å². The van der Waals surface area contributed by atoms with Crippen LogP contribution in [0.15, 0.2) is 0 Å². The lowest BCUT2D eigenvalue weighted by molar-refractivity contribution is 0.579. The van der Waals surface area contributed by atoms with Crippen molar-refractivity contribution in [3.8, 4) is 0 Å². The van der Waals surface area contributed by atoms with Crippen molar-refractivity contribution in [1.29, 1.82) is 0 Å². The Morgan fingerprint density at radius 1 is 1.57 bits per heavy atom. The number of nitrogens with one attached hydrogen (secondary N) is 1. The largest absolute Gasteiger partial charge is 0.314 e. The van der Waals surface area contributed by atoms with Gasteiger partial charge in [-0.1, -0.05) is 0 Å². The molecule has 0 aromatic heterocycles. The lowest BCUT2D eigenvalue weighted by atomic mass is 10.2. The Morgan fingerprint density at radius 3 is 2.57 bits per heavy atom. The second kappa shape index (κ2) is 1.03. The average molecular weight is 97.2 g/mol. The quantitative estimate of drug-likeness (QED) is 0.467. The summed E-state index contributed by atoms with van der Waals surface area (Å²) < 4.78 is 0. The highest BCUT2D eigenvalue weighted by molar-refractivity contribution is 5.00. The molecule has 0 radical (unpaired) electrons. The first kappa shape index (κ1) is 3.90. The maximum absolute atomic E-state index is 3.42. The molecule has 1 aliphatic heterocycles. The van der Waals surface area contributed by atoms with E-state index in [2.05, 4.69) is 12.2 Å². The summed E-state index contributed by atoms with van der Waals surface area (Å²) in [6.07, 6.45) is 1.51. The number of hydrogen-bond donors (Lipinski definition) is 1. The van der Waals surface area contributed by atoms with Crippen molar-refractivity contribution in [1.82, 2.24) is 5.32 Å². The average Bonchev–Trinajstić information content (AvgIpc) is 2.33. The third kappa shape index (κ3) is 0.418. The van der Waals surface area contributed by atoms with Crippen molar-refractivity contribution in [2.24, 2.45) is 11.8 Å². The van der Waals surface area contributed by atoms with Crippen LogP contribution < -0.4 is 5.32 Å². The Balaban J connectivity index is 2.08. The fourth-order valence-corrected chi connectivity index (χ4v) is 1.61. The molecule has 2 fully saturated rings. The molecule has 2 rings (SSSR count). The zero-order valence-corrected chi connectivity index (χ0v) is 4.65. The first-order valence-corrected chi connectivity index (χ1v) is 3.11. The van der Waals surface area contributed by atoms with Gasteiger partial charge in [0.05, 0.1) is 0 Å². The minimum Gasteiger partial charge on any atom is -0.314 e. The molecule has 0 aromatic rings. The van der Waals surface area contributed by atoms with Gasteiger partial charge in [0.1, 0.15) is 0 Å². The maximum atomic E-state index is 3.42. The summed E-state index contributed by atoms with van der Waals surface area (Å²) in [5.74, 6) is 2.15. The maximum Gasteiger partial charge on any atom is 0.00703 e. The van der Waals surface area contributed by atoms with E-state index >= 15 is 0 Å². The Hall–Kier alpha value is -0.0400. The SMILES string of the molecule is C[C@H]1NCC2CC21. The summed E-state index contributed by atoms with van der Waals surface area (Å²) in [7, 11) is 0. The van der Waals surface area contributed by atoms with Gasteiger partial charge in [-0.25, -0.2) is 0 Å². The molecule has 0 amide bonds. The van der Waals surface area contributed by atoms with E-state index in [1.165, 1.54) is 13.0 Å². The first-order chi connectivity index (χ1) is 3.38. The zero-order valence-electron chi connectivity index (χ0n) is 4.65. The molecule has 3 atom stereocenters. The van der Waals surface area contributed by atoms with Gasteiger partial charge in [-0.2, -0.15) is 0 Å². The highest BCUT2D eigenvalue weighted by Gasteiger charge is 2.45. The molecule has 40 valence electrons. The monoisotopic (exact) mass is 97.1 g/mol. The van der Waals surface area contributed by atoms with Gasteiger partial charge < -0.3 is 5.32 Å². The summed E-state index contributed by atoms with van der Waals surface area (Å²) in [6, 6.07) is 0.838. The van der Waals surface area contributed by atoms with Crippen LogP contribution in [0.4, 0.5) is 0 Å². The standard InChI is InChI=1S/C6H11N/c1-4-6-2-5(6)3-7-4/h4-7H,2-3H2,1H3/t4-,5?,6?/m1/s1. The molecule has 0 aromatic carbocycles. The summed E-state index contributed by atoms with van der Waals surface area (Å²) in [5.41, 5.74) is 0. The molecule has 0 spiro atoms. The highest BCUT2D eigenvalue weighted by atomic mass is 15.0. The topological polar surface area (TPSA) is 12.0 Å². The Labute approximate surface area is 44.1 Å². The van der Waals surface area contributed by atoms with Gasteiger partial charge in [0.2, 0.25) is 0 Å². The van der Waals surface area contributed by atoms with Gasteiger partial charge in [0.15, 0.2) is 0 Å². The summed E-state index contributed by atoms with van der Waals surface area (Å²) in [6.45, 7) is 3.59. The van der Waals surface area contributed by atoms with Crippen molar-refractivity contribution in [2.75, 3.05) is 6.54 Å². The van der Waals surface area contributed by atoms with Crippen molar-refractivity contribution < 1.29 is 0 Å². The molecule has 1 N–H and O–H groups in total. The normalized spacial score (nSPS) is 57.0. The van der Waals surface area contributed by atoms with Crippen molar-refractivity contribution in [2.45, 2.75) is 19.4 Å². The second-order valence-electron chi connectivity index (χ2n) is 2.86. The van der Waals surface area contributed by atoms with Crippen LogP contribution in [0.2, 0.25) is 0 Å². The van der Waals surface area contributed by atoms with E-state index in [-0.39, 0.29) is 0 Å². The second-order valence-corrected chi connectivity index (χ2v) is 2.86. The molecule has 1 nitrogen and oxygen atoms in total. The lowest BCUT2D eigenvalue weighted by Crippen LogP contribution is -2.21. The predicted octanol–water partition coefficient (Wildman–Crippen LogP) is 0.614. The smallest absolute Gasteiger partial charge is 0.00703 e. The van der Waals surface area contributed by atoms with Crippen LogP contribution in [0.5, 0.6) is 0 Å². The van der Waals surface area contributed by atoms with Gasteiger partial charge in [0.25, 0.3) is 0 Å². The van der Waals surface area contributed by atoms with Crippen LogP contribution in [-0.4, -0.2) is 12.6 Å². The third-order valence-corrected chi connectivity index (χ3v) is 2.32. The molecule has 2 aliphatic rings. The first-order valence-electron chi connectivity index (χ1n) is 3.11. The van der Waals surface area contributed by atoms with E-state index in [1.54, 1.807) is 0 Å². The highest BCUT2D eigenvalue weighted by Crippen LogP contribution is 2.44. The number of rotatable bonds is 0. The van der Waals surface area contributed by atoms with Crippen molar-refractivity contribution in [3.63, 3.8) is 0 Å². The fraction of sp³-hybridized carbons (Fsp3) is 1.00. The van der Waals surface area contributed by atoms with E-state index in [4.69, 9.17) is 0 Å². The minimum atomic E-state index is 0.838. The number of piperidine rings is 1. The molecular formula is C6H11N. The summed E-state index contributed by atoms with van der Waals surface area (Å²) in [5, 5.41) is 3.42. The van der Waals surface area contributed by atoms with Gasteiger partial charge in [-0.3, -0.25) is 0 Å². The molecule has 0 bridgehead atoms. The van der Waals surface area contributed by atoms with Crippen LogP contribution in [0.25, 0.3) is 0 Å². The molecule has 1 aliphatic carbocycles. The minimum absolute atomic E-state index is 0.838. The zero-order chi connectivity index (χ0) is 4.85. The summed E-state index contributed by atoms with van der Waals surface area (Å²) in [4.78, 5) is 0. The number of fused-ring (bicyclic) bond motifs is 1. The molecule has 2 unspecified atom stereocenters. The van der Waals surface area contributed by atoms with E-state index in [9.17, 15) is 0 Å². The number of hydrogen-bond acceptors (Lipinski definition) is 1. The molecule has 7 heavy (non-hydrogen) atoms. The van der Waals surface area contributed by atoms with Crippen molar-refractivity contribution >= 4 is 0 Å². The van der Waals surface area contributed by atoms with Crippen LogP contribution >= 0.6 is 0 Å². The van der Waals surface area contributed by atoms with Gasteiger partial charge in [-0.05, 0) is 31.7 Å². The van der Waals surface area contributed by atoms with Gasteiger partial charge in [0, 0.05) is 6.04 Å². The summed E-state index contributed by atoms with van der Waals surface area (Å²) >= 11 is 0. The van der Waals surface area contributed by atoms with Gasteiger partial charge >= 0.3 is 0 Å². The Morgan fingerprint density at radius 2 is 2.43 bits per heavy atom. The molecular weight excluding hydrogens is 86.1 g/mol. The Kier molecular flexibility index (Phi) is 0.571. The van der Waals surface area contributed by atoms with Crippen LogP contribution in [0, 0.1) is 11.8 Å². The van der Waals surface area contributed by atoms with E-state index in [0.29, 0.717) is 0 Å². The predicted molar refractivity (Wildman–Crippen MR) is 29.1 cm³/mol.